The predicted octanol–water partition coefficient (Wildman–Crippen LogP) is 3.98. The number of benzene rings is 2. The van der Waals surface area contributed by atoms with Crippen molar-refractivity contribution >= 4 is 11.9 Å². The molecule has 1 heterocycles. The minimum atomic E-state index is -0.867. The molecule has 2 aromatic rings. The summed E-state index contributed by atoms with van der Waals surface area (Å²) in [6.07, 6.45) is 7.02. The van der Waals surface area contributed by atoms with Gasteiger partial charge >= 0.3 is 0 Å². The fourth-order valence-corrected chi connectivity index (χ4v) is 5.65. The minimum Gasteiger partial charge on any atom is -0.504 e. The lowest BCUT2D eigenvalue weighted by molar-refractivity contribution is -0.114. The first kappa shape index (κ1) is 29.2. The molecule has 1 aliphatic carbocycles. The second kappa shape index (κ2) is 12.6. The lowest BCUT2D eigenvalue weighted by Crippen LogP contribution is -2.46. The van der Waals surface area contributed by atoms with Crippen molar-refractivity contribution in [3.63, 3.8) is 0 Å². The van der Waals surface area contributed by atoms with Gasteiger partial charge < -0.3 is 39.0 Å². The van der Waals surface area contributed by atoms with Gasteiger partial charge in [-0.25, -0.2) is 0 Å². The van der Waals surface area contributed by atoms with Crippen LogP contribution in [0.15, 0.2) is 66.5 Å². The van der Waals surface area contributed by atoms with E-state index in [9.17, 15) is 15.0 Å². The van der Waals surface area contributed by atoms with Crippen molar-refractivity contribution < 1.29 is 43.8 Å². The highest BCUT2D eigenvalue weighted by Gasteiger charge is 2.58. The number of carbonyl (C=O) groups is 1. The van der Waals surface area contributed by atoms with Crippen molar-refractivity contribution in [2.24, 2.45) is 11.3 Å². The highest BCUT2D eigenvalue weighted by molar-refractivity contribution is 6.03. The molecule has 9 nitrogen and oxygen atoms in total. The number of ketones is 1. The molecule has 0 bridgehead atoms. The Balaban J connectivity index is 1.79. The number of hydrogen-bond acceptors (Lipinski definition) is 9. The standard InChI is InChI=1S/C31H36O9/c1-5-21-29(20-9-10-22(34)25(16-20)36-2)40-30(31(21)13-12-23(35)27(17-31)38-4)28(18-33)39-24-11-8-19(7-6-14-32)15-26(24)37-3/h6-13,15-17,21,28-30,32-34H,5,14,18H2,1-4H3/b7-6+/t21-,28-,29-,30-,31-/m0/s1. The third-order valence-electron chi connectivity index (χ3n) is 7.53. The Labute approximate surface area is 233 Å². The van der Waals surface area contributed by atoms with Crippen molar-refractivity contribution in [3.05, 3.63) is 77.6 Å². The number of phenols is 1. The normalized spacial score (nSPS) is 24.8. The van der Waals surface area contributed by atoms with Crippen molar-refractivity contribution in [3.8, 4) is 23.0 Å². The smallest absolute Gasteiger partial charge is 0.219 e. The first-order chi connectivity index (χ1) is 19.3. The number of methoxy groups -OCH3 is 3. The minimum absolute atomic E-state index is 0.00854. The third-order valence-corrected chi connectivity index (χ3v) is 7.53. The molecule has 1 aliphatic heterocycles. The number of carbonyl (C=O) groups excluding carboxylic acids is 1. The number of hydrogen-bond donors (Lipinski definition) is 3. The van der Waals surface area contributed by atoms with Crippen LogP contribution in [0.4, 0.5) is 0 Å². The highest BCUT2D eigenvalue weighted by Crippen LogP contribution is 2.57. The molecule has 1 fully saturated rings. The van der Waals surface area contributed by atoms with Crippen LogP contribution in [0.2, 0.25) is 0 Å². The zero-order valence-corrected chi connectivity index (χ0v) is 23.1. The molecule has 0 unspecified atom stereocenters. The van der Waals surface area contributed by atoms with Crippen LogP contribution >= 0.6 is 0 Å². The molecule has 2 aliphatic rings. The van der Waals surface area contributed by atoms with E-state index in [4.69, 9.17) is 28.8 Å². The Morgan fingerprint density at radius 3 is 2.45 bits per heavy atom. The second-order valence-electron chi connectivity index (χ2n) is 9.67. The van der Waals surface area contributed by atoms with Crippen LogP contribution in [-0.2, 0) is 14.3 Å². The molecular formula is C31H36O9. The summed E-state index contributed by atoms with van der Waals surface area (Å²) < 4.78 is 29.4. The van der Waals surface area contributed by atoms with Gasteiger partial charge in [0.15, 0.2) is 28.8 Å². The summed E-state index contributed by atoms with van der Waals surface area (Å²) in [5, 5.41) is 29.9. The predicted molar refractivity (Wildman–Crippen MR) is 148 cm³/mol. The van der Waals surface area contributed by atoms with Crippen LogP contribution in [0.1, 0.15) is 30.6 Å². The van der Waals surface area contributed by atoms with E-state index in [1.807, 2.05) is 19.1 Å². The van der Waals surface area contributed by atoms with Gasteiger partial charge in [0.25, 0.3) is 0 Å². The number of ether oxygens (including phenoxy) is 5. The zero-order chi connectivity index (χ0) is 28.9. The topological polar surface area (TPSA) is 124 Å². The summed E-state index contributed by atoms with van der Waals surface area (Å²) in [5.74, 6) is 0.905. The van der Waals surface area contributed by atoms with E-state index in [1.165, 1.54) is 27.4 Å². The lowest BCUT2D eigenvalue weighted by atomic mass is 9.66. The van der Waals surface area contributed by atoms with E-state index in [-0.39, 0.29) is 36.4 Å². The van der Waals surface area contributed by atoms with Crippen molar-refractivity contribution in [2.45, 2.75) is 31.7 Å². The maximum Gasteiger partial charge on any atom is 0.219 e. The molecule has 9 heteroatoms. The Morgan fingerprint density at radius 2 is 1.80 bits per heavy atom. The van der Waals surface area contributed by atoms with Gasteiger partial charge in [-0.1, -0.05) is 37.3 Å². The number of aromatic hydroxyl groups is 1. The summed E-state index contributed by atoms with van der Waals surface area (Å²) in [4.78, 5) is 12.6. The summed E-state index contributed by atoms with van der Waals surface area (Å²) >= 11 is 0. The van der Waals surface area contributed by atoms with Crippen molar-refractivity contribution in [2.75, 3.05) is 34.5 Å². The molecule has 1 saturated heterocycles. The second-order valence-corrected chi connectivity index (χ2v) is 9.67. The number of rotatable bonds is 11. The van der Waals surface area contributed by atoms with Crippen LogP contribution < -0.4 is 14.2 Å². The van der Waals surface area contributed by atoms with Crippen LogP contribution in [0, 0.1) is 11.3 Å². The molecule has 0 amide bonds. The summed E-state index contributed by atoms with van der Waals surface area (Å²) in [5.41, 5.74) is 0.713. The molecule has 0 saturated carbocycles. The fourth-order valence-electron chi connectivity index (χ4n) is 5.65. The Bertz CT molecular complexity index is 1300. The average molecular weight is 553 g/mol. The first-order valence-electron chi connectivity index (χ1n) is 13.1. The van der Waals surface area contributed by atoms with E-state index in [1.54, 1.807) is 48.6 Å². The molecule has 2 aromatic carbocycles. The molecule has 214 valence electrons. The van der Waals surface area contributed by atoms with Gasteiger partial charge in [0.1, 0.15) is 12.2 Å². The highest BCUT2D eigenvalue weighted by atomic mass is 16.6. The fraction of sp³-hybridized carbons (Fsp3) is 0.387. The molecule has 0 aromatic heterocycles. The number of aliphatic hydroxyl groups is 2. The van der Waals surface area contributed by atoms with Gasteiger partial charge in [0.2, 0.25) is 5.78 Å². The number of phenolic OH excluding ortho intramolecular Hbond substituents is 1. The molecule has 5 atom stereocenters. The monoisotopic (exact) mass is 552 g/mol. The summed E-state index contributed by atoms with van der Waals surface area (Å²) in [7, 11) is 4.45. The van der Waals surface area contributed by atoms with Crippen LogP contribution in [0.25, 0.3) is 6.08 Å². The largest absolute Gasteiger partial charge is 0.504 e. The van der Waals surface area contributed by atoms with E-state index < -0.39 is 23.7 Å². The maximum absolute atomic E-state index is 12.6. The lowest BCUT2D eigenvalue weighted by Gasteiger charge is -2.38. The van der Waals surface area contributed by atoms with E-state index in [0.717, 1.165) is 11.1 Å². The van der Waals surface area contributed by atoms with Crippen LogP contribution in [0.3, 0.4) is 0 Å². The van der Waals surface area contributed by atoms with Gasteiger partial charge in [0, 0.05) is 11.3 Å². The van der Waals surface area contributed by atoms with Gasteiger partial charge in [0.05, 0.1) is 40.6 Å². The first-order valence-corrected chi connectivity index (χ1v) is 13.1. The number of allylic oxidation sites excluding steroid dienone is 1. The zero-order valence-electron chi connectivity index (χ0n) is 23.1. The van der Waals surface area contributed by atoms with E-state index in [0.29, 0.717) is 23.7 Å². The van der Waals surface area contributed by atoms with Gasteiger partial charge in [-0.2, -0.15) is 0 Å². The van der Waals surface area contributed by atoms with E-state index in [2.05, 4.69) is 0 Å². The molecule has 3 N–H and O–H groups in total. The van der Waals surface area contributed by atoms with E-state index >= 15 is 0 Å². The quantitative estimate of drug-likeness (QED) is 0.380. The Hall–Kier alpha value is -3.79. The Kier molecular flexibility index (Phi) is 9.19. The molecular weight excluding hydrogens is 516 g/mol. The van der Waals surface area contributed by atoms with Crippen LogP contribution in [-0.4, -0.2) is 67.9 Å². The van der Waals surface area contributed by atoms with Gasteiger partial charge in [-0.3, -0.25) is 4.79 Å². The van der Waals surface area contributed by atoms with Crippen molar-refractivity contribution in [1.82, 2.24) is 0 Å². The molecule has 1 spiro atoms. The van der Waals surface area contributed by atoms with Gasteiger partial charge in [-0.05, 0) is 54.0 Å². The SMILES string of the molecule is CC[C@H]1[C@H](c2ccc(O)c(OC)c2)O[C@@H]([C@H](CO)Oc2ccc(/C=C/CO)cc2OC)[C@]12C=CC(=O)C(OC)=C2. The maximum atomic E-state index is 12.6. The molecule has 4 rings (SSSR count). The van der Waals surface area contributed by atoms with Crippen molar-refractivity contribution in [1.29, 1.82) is 0 Å². The van der Waals surface area contributed by atoms with Gasteiger partial charge in [-0.15, -0.1) is 0 Å². The third kappa shape index (κ3) is 5.45. The Morgan fingerprint density at radius 1 is 1.02 bits per heavy atom. The summed E-state index contributed by atoms with van der Waals surface area (Å²) in [6.45, 7) is 1.56. The number of aliphatic hydroxyl groups excluding tert-OH is 2. The summed E-state index contributed by atoms with van der Waals surface area (Å²) in [6, 6.07) is 10.4. The molecule has 0 radical (unpaired) electrons. The average Bonchev–Trinajstić information content (AvgIpc) is 3.29. The molecule has 40 heavy (non-hydrogen) atoms. The van der Waals surface area contributed by atoms with Crippen LogP contribution in [0.5, 0.6) is 23.0 Å².